The third-order valence-corrected chi connectivity index (χ3v) is 4.17. The highest BCUT2D eigenvalue weighted by Gasteiger charge is 1.96. The Morgan fingerprint density at radius 3 is 1.61 bits per heavy atom. The fourth-order valence-corrected chi connectivity index (χ4v) is 2.67. The van der Waals surface area contributed by atoms with Gasteiger partial charge in [0.1, 0.15) is 0 Å². The maximum Gasteiger partial charge on any atom is 0.221 e. The van der Waals surface area contributed by atoms with E-state index in [0.717, 1.165) is 28.2 Å². The molecule has 0 aliphatic heterocycles. The standard InChI is InChI=1S/3C9H11NO/c1-7-3-5-9(6-4-7)10-8(2)11;1-7-4-3-5-9(6-7)10-8(2)11;1-7-5-3-4-6-9(7)10-8(2)11/h3*3-6H,1-2H3,(H,10,11). The molecule has 0 unspecified atom stereocenters. The zero-order valence-corrected chi connectivity index (χ0v) is 20.2. The number of carbonyl (C=O) groups excluding carboxylic acids is 3. The molecular formula is C27H33N3O3. The first-order chi connectivity index (χ1) is 15.6. The highest BCUT2D eigenvalue weighted by atomic mass is 16.2. The zero-order valence-electron chi connectivity index (χ0n) is 20.2. The van der Waals surface area contributed by atoms with Crippen LogP contribution in [-0.4, -0.2) is 17.7 Å². The van der Waals surface area contributed by atoms with Crippen LogP contribution in [-0.2, 0) is 14.4 Å². The number of rotatable bonds is 3. The second-order valence-corrected chi connectivity index (χ2v) is 7.59. The predicted octanol–water partition coefficient (Wildman–Crippen LogP) is 5.86. The molecule has 0 aromatic heterocycles. The van der Waals surface area contributed by atoms with Gasteiger partial charge in [-0.2, -0.15) is 0 Å². The molecule has 0 radical (unpaired) electrons. The van der Waals surface area contributed by atoms with Crippen molar-refractivity contribution in [2.45, 2.75) is 41.5 Å². The first kappa shape index (κ1) is 27.1. The molecule has 6 heteroatoms. The lowest BCUT2D eigenvalue weighted by Crippen LogP contribution is -2.06. The minimum atomic E-state index is -0.0335. The number of hydrogen-bond acceptors (Lipinski definition) is 3. The number of hydrogen-bond donors (Lipinski definition) is 3. The van der Waals surface area contributed by atoms with Crippen LogP contribution in [0.5, 0.6) is 0 Å². The molecule has 0 atom stereocenters. The van der Waals surface area contributed by atoms with Crippen molar-refractivity contribution < 1.29 is 14.4 Å². The van der Waals surface area contributed by atoms with E-state index in [-0.39, 0.29) is 17.7 Å². The molecule has 3 aromatic carbocycles. The average molecular weight is 448 g/mol. The van der Waals surface area contributed by atoms with Gasteiger partial charge in [0.25, 0.3) is 0 Å². The van der Waals surface area contributed by atoms with Crippen LogP contribution in [0, 0.1) is 20.8 Å². The van der Waals surface area contributed by atoms with E-state index in [1.807, 2.05) is 93.6 Å². The summed E-state index contributed by atoms with van der Waals surface area (Å²) in [7, 11) is 0. The normalized spacial score (nSPS) is 9.27. The number of para-hydroxylation sites is 1. The van der Waals surface area contributed by atoms with Gasteiger partial charge in [-0.3, -0.25) is 14.4 Å². The van der Waals surface area contributed by atoms with Crippen molar-refractivity contribution in [2.24, 2.45) is 0 Å². The maximum absolute atomic E-state index is 10.7. The van der Waals surface area contributed by atoms with Crippen LogP contribution in [0.2, 0.25) is 0 Å². The van der Waals surface area contributed by atoms with Crippen LogP contribution in [0.15, 0.2) is 72.8 Å². The number of nitrogens with one attached hydrogen (secondary N) is 3. The van der Waals surface area contributed by atoms with Crippen molar-refractivity contribution in [1.82, 2.24) is 0 Å². The molecule has 0 fully saturated rings. The van der Waals surface area contributed by atoms with Crippen molar-refractivity contribution in [3.8, 4) is 0 Å². The number of aryl methyl sites for hydroxylation is 3. The summed E-state index contributed by atoms with van der Waals surface area (Å²) in [6, 6.07) is 23.1. The van der Waals surface area contributed by atoms with E-state index in [0.29, 0.717) is 0 Å². The van der Waals surface area contributed by atoms with Gasteiger partial charge in [-0.05, 0) is 62.2 Å². The van der Waals surface area contributed by atoms with Gasteiger partial charge in [-0.15, -0.1) is 0 Å². The Hall–Kier alpha value is -3.93. The molecule has 174 valence electrons. The van der Waals surface area contributed by atoms with Crippen LogP contribution in [0.3, 0.4) is 0 Å². The van der Waals surface area contributed by atoms with Gasteiger partial charge in [0, 0.05) is 37.8 Å². The Balaban J connectivity index is 0.000000247. The van der Waals surface area contributed by atoms with Crippen molar-refractivity contribution in [3.05, 3.63) is 89.5 Å². The fourth-order valence-electron chi connectivity index (χ4n) is 2.67. The Morgan fingerprint density at radius 1 is 0.545 bits per heavy atom. The largest absolute Gasteiger partial charge is 0.326 e. The summed E-state index contributed by atoms with van der Waals surface area (Å²) in [5.41, 5.74) is 6.03. The van der Waals surface area contributed by atoms with E-state index >= 15 is 0 Å². The molecule has 0 aliphatic rings. The SMILES string of the molecule is CC(=O)Nc1ccc(C)cc1.CC(=O)Nc1cccc(C)c1.CC(=O)Nc1ccccc1C. The molecule has 3 amide bonds. The summed E-state index contributed by atoms with van der Waals surface area (Å²) in [5.74, 6) is -0.0937. The lowest BCUT2D eigenvalue weighted by Gasteiger charge is -2.03. The summed E-state index contributed by atoms with van der Waals surface area (Å²) >= 11 is 0. The molecule has 0 spiro atoms. The number of amides is 3. The monoisotopic (exact) mass is 447 g/mol. The molecule has 0 saturated carbocycles. The van der Waals surface area contributed by atoms with Gasteiger partial charge < -0.3 is 16.0 Å². The Bertz CT molecular complexity index is 1060. The van der Waals surface area contributed by atoms with E-state index in [2.05, 4.69) is 16.0 Å². The Morgan fingerprint density at radius 2 is 1.09 bits per heavy atom. The molecule has 3 N–H and O–H groups in total. The molecule has 3 aromatic rings. The summed E-state index contributed by atoms with van der Waals surface area (Å²) in [6.07, 6.45) is 0. The first-order valence-corrected chi connectivity index (χ1v) is 10.6. The van der Waals surface area contributed by atoms with Crippen LogP contribution < -0.4 is 16.0 Å². The quantitative estimate of drug-likeness (QED) is 0.470. The molecule has 33 heavy (non-hydrogen) atoms. The van der Waals surface area contributed by atoms with E-state index in [4.69, 9.17) is 0 Å². The van der Waals surface area contributed by atoms with E-state index in [1.165, 1.54) is 26.3 Å². The van der Waals surface area contributed by atoms with Gasteiger partial charge in [-0.25, -0.2) is 0 Å². The van der Waals surface area contributed by atoms with Crippen LogP contribution in [0.25, 0.3) is 0 Å². The number of carbonyl (C=O) groups is 3. The van der Waals surface area contributed by atoms with Crippen molar-refractivity contribution in [3.63, 3.8) is 0 Å². The second-order valence-electron chi connectivity index (χ2n) is 7.59. The minimum absolute atomic E-state index is 0.0284. The van der Waals surface area contributed by atoms with E-state index < -0.39 is 0 Å². The van der Waals surface area contributed by atoms with Crippen LogP contribution >= 0.6 is 0 Å². The summed E-state index contributed by atoms with van der Waals surface area (Å²) in [4.78, 5) is 31.9. The zero-order chi connectivity index (χ0) is 24.8. The van der Waals surface area contributed by atoms with Gasteiger partial charge in [0.05, 0.1) is 0 Å². The summed E-state index contributed by atoms with van der Waals surface area (Å²) in [6.45, 7) is 10.5. The topological polar surface area (TPSA) is 87.3 Å². The van der Waals surface area contributed by atoms with Gasteiger partial charge in [0.2, 0.25) is 17.7 Å². The van der Waals surface area contributed by atoms with Gasteiger partial charge >= 0.3 is 0 Å². The van der Waals surface area contributed by atoms with Crippen LogP contribution in [0.1, 0.15) is 37.5 Å². The molecule has 0 bridgehead atoms. The van der Waals surface area contributed by atoms with Crippen LogP contribution in [0.4, 0.5) is 17.1 Å². The predicted molar refractivity (Wildman–Crippen MR) is 136 cm³/mol. The van der Waals surface area contributed by atoms with E-state index in [9.17, 15) is 14.4 Å². The minimum Gasteiger partial charge on any atom is -0.326 e. The smallest absolute Gasteiger partial charge is 0.221 e. The number of anilines is 3. The average Bonchev–Trinajstić information content (AvgIpc) is 2.71. The highest BCUT2D eigenvalue weighted by molar-refractivity contribution is 5.90. The Kier molecular flexibility index (Phi) is 11.7. The number of benzene rings is 3. The van der Waals surface area contributed by atoms with E-state index in [1.54, 1.807) is 0 Å². The molecule has 0 aliphatic carbocycles. The summed E-state index contributed by atoms with van der Waals surface area (Å²) in [5, 5.41) is 8.13. The maximum atomic E-state index is 10.7. The fraction of sp³-hybridized carbons (Fsp3) is 0.222. The van der Waals surface area contributed by atoms with Crippen molar-refractivity contribution >= 4 is 34.8 Å². The molecule has 3 rings (SSSR count). The Labute approximate surface area is 196 Å². The molecular weight excluding hydrogens is 414 g/mol. The van der Waals surface area contributed by atoms with Crippen molar-refractivity contribution in [1.29, 1.82) is 0 Å². The highest BCUT2D eigenvalue weighted by Crippen LogP contribution is 2.12. The molecule has 0 heterocycles. The third kappa shape index (κ3) is 12.5. The molecule has 0 saturated heterocycles. The third-order valence-electron chi connectivity index (χ3n) is 4.17. The van der Waals surface area contributed by atoms with Gasteiger partial charge in [0.15, 0.2) is 0 Å². The first-order valence-electron chi connectivity index (χ1n) is 10.6. The molecule has 6 nitrogen and oxygen atoms in total. The second kappa shape index (κ2) is 14.2. The summed E-state index contributed by atoms with van der Waals surface area (Å²) < 4.78 is 0. The lowest BCUT2D eigenvalue weighted by atomic mass is 10.2. The van der Waals surface area contributed by atoms with Gasteiger partial charge in [-0.1, -0.05) is 48.0 Å². The van der Waals surface area contributed by atoms with Crippen molar-refractivity contribution in [2.75, 3.05) is 16.0 Å². The lowest BCUT2D eigenvalue weighted by molar-refractivity contribution is -0.115.